The minimum Gasteiger partial charge on any atom is -0.493 e. The molecular weight excluding hydrogens is 549 g/mol. The first kappa shape index (κ1) is 29.4. The molecule has 0 saturated carbocycles. The first-order valence-electron chi connectivity index (χ1n) is 12.7. The summed E-state index contributed by atoms with van der Waals surface area (Å²) >= 11 is 0. The van der Waals surface area contributed by atoms with Crippen LogP contribution in [-0.4, -0.2) is 35.9 Å². The summed E-state index contributed by atoms with van der Waals surface area (Å²) in [6.45, 7) is 9.96. The van der Waals surface area contributed by atoms with E-state index in [1.54, 1.807) is 6.07 Å². The highest BCUT2D eigenvalue weighted by atomic mass is 32.2. The third kappa shape index (κ3) is 7.14. The van der Waals surface area contributed by atoms with Crippen molar-refractivity contribution in [3.05, 3.63) is 82.9 Å². The van der Waals surface area contributed by atoms with Crippen LogP contribution in [0.1, 0.15) is 40.9 Å². The number of pyridine rings is 1. The Kier molecular flexibility index (Phi) is 8.52. The number of aryl methyl sites for hydroxylation is 3. The molecule has 2 heterocycles. The van der Waals surface area contributed by atoms with Gasteiger partial charge in [0.25, 0.3) is 15.9 Å². The SMILES string of the molecule is Cc1cc(C)c(Oc2nc(-c3cc(F)cc(OCC(C)C)c3)ccc2C(=O)NS(=O)(=O)c2cncc(N)n2)c(C)c1. The highest BCUT2D eigenvalue weighted by molar-refractivity contribution is 7.90. The quantitative estimate of drug-likeness (QED) is 0.275. The van der Waals surface area contributed by atoms with Crippen LogP contribution in [0.15, 0.2) is 59.9 Å². The summed E-state index contributed by atoms with van der Waals surface area (Å²) in [6, 6.07) is 10.8. The average molecular weight is 580 g/mol. The number of halogens is 1. The number of amides is 1. The van der Waals surface area contributed by atoms with Crippen LogP contribution in [0.2, 0.25) is 0 Å². The maximum absolute atomic E-state index is 14.5. The number of rotatable bonds is 9. The second-order valence-electron chi connectivity index (χ2n) is 9.98. The second kappa shape index (κ2) is 11.9. The summed E-state index contributed by atoms with van der Waals surface area (Å²) in [7, 11) is -4.43. The van der Waals surface area contributed by atoms with E-state index in [-0.39, 0.29) is 28.9 Å². The number of nitrogen functional groups attached to an aromatic ring is 1. The largest absolute Gasteiger partial charge is 0.493 e. The molecule has 0 bridgehead atoms. The molecule has 4 rings (SSSR count). The van der Waals surface area contributed by atoms with E-state index in [0.29, 0.717) is 23.7 Å². The fraction of sp³-hybridized carbons (Fsp3) is 0.241. The third-order valence-electron chi connectivity index (χ3n) is 5.79. The molecule has 10 nitrogen and oxygen atoms in total. The van der Waals surface area contributed by atoms with Crippen LogP contribution in [0.5, 0.6) is 17.4 Å². The normalized spacial score (nSPS) is 11.4. The van der Waals surface area contributed by atoms with Gasteiger partial charge in [0.2, 0.25) is 5.88 Å². The number of carbonyl (C=O) groups is 1. The number of aromatic nitrogens is 3. The van der Waals surface area contributed by atoms with E-state index in [0.717, 1.165) is 22.9 Å². The zero-order valence-corrected chi connectivity index (χ0v) is 24.0. The Morgan fingerprint density at radius 1 is 1.02 bits per heavy atom. The molecular formula is C29H30FN5O5S. The van der Waals surface area contributed by atoms with Crippen LogP contribution in [-0.2, 0) is 10.0 Å². The second-order valence-corrected chi connectivity index (χ2v) is 11.6. The molecule has 0 spiro atoms. The number of nitrogens with two attached hydrogens (primary N) is 1. The fourth-order valence-electron chi connectivity index (χ4n) is 4.05. The molecule has 12 heteroatoms. The lowest BCUT2D eigenvalue weighted by Gasteiger charge is -2.16. The van der Waals surface area contributed by atoms with Crippen molar-refractivity contribution in [1.29, 1.82) is 0 Å². The Labute approximate surface area is 237 Å². The molecule has 0 saturated heterocycles. The van der Waals surface area contributed by atoms with E-state index in [1.165, 1.54) is 30.5 Å². The van der Waals surface area contributed by atoms with Gasteiger partial charge in [0.15, 0.2) is 5.03 Å². The van der Waals surface area contributed by atoms with Crippen molar-refractivity contribution in [1.82, 2.24) is 19.7 Å². The van der Waals surface area contributed by atoms with Crippen LogP contribution in [0, 0.1) is 32.5 Å². The van der Waals surface area contributed by atoms with Crippen molar-refractivity contribution >= 4 is 21.7 Å². The van der Waals surface area contributed by atoms with E-state index in [9.17, 15) is 17.6 Å². The molecule has 41 heavy (non-hydrogen) atoms. The summed E-state index contributed by atoms with van der Waals surface area (Å²) < 4.78 is 54.0. The number of benzene rings is 2. The van der Waals surface area contributed by atoms with Crippen molar-refractivity contribution in [2.45, 2.75) is 39.6 Å². The van der Waals surface area contributed by atoms with Gasteiger partial charge in [-0.2, -0.15) is 8.42 Å². The minimum absolute atomic E-state index is 0.132. The van der Waals surface area contributed by atoms with E-state index in [1.807, 2.05) is 51.5 Å². The van der Waals surface area contributed by atoms with Crippen LogP contribution >= 0.6 is 0 Å². The molecule has 0 fully saturated rings. The Balaban J connectivity index is 1.78. The average Bonchev–Trinajstić information content (AvgIpc) is 2.89. The lowest BCUT2D eigenvalue weighted by molar-refractivity contribution is 0.0978. The monoisotopic (exact) mass is 579 g/mol. The van der Waals surface area contributed by atoms with Gasteiger partial charge in [0.05, 0.1) is 24.7 Å². The predicted octanol–water partition coefficient (Wildman–Crippen LogP) is 5.13. The lowest BCUT2D eigenvalue weighted by Crippen LogP contribution is -2.31. The lowest BCUT2D eigenvalue weighted by atomic mass is 10.1. The summed E-state index contributed by atoms with van der Waals surface area (Å²) in [4.78, 5) is 25.2. The molecule has 214 valence electrons. The van der Waals surface area contributed by atoms with Crippen molar-refractivity contribution in [3.8, 4) is 28.6 Å². The maximum Gasteiger partial charge on any atom is 0.283 e. The van der Waals surface area contributed by atoms with Crippen LogP contribution < -0.4 is 19.9 Å². The topological polar surface area (TPSA) is 146 Å². The van der Waals surface area contributed by atoms with Gasteiger partial charge in [0, 0.05) is 11.6 Å². The Bertz CT molecular complexity index is 1700. The highest BCUT2D eigenvalue weighted by Crippen LogP contribution is 2.33. The Hall–Kier alpha value is -4.58. The van der Waals surface area contributed by atoms with Gasteiger partial charge in [0.1, 0.15) is 28.7 Å². The van der Waals surface area contributed by atoms with E-state index in [2.05, 4.69) is 15.0 Å². The zero-order chi connectivity index (χ0) is 29.9. The van der Waals surface area contributed by atoms with E-state index in [4.69, 9.17) is 15.2 Å². The van der Waals surface area contributed by atoms with Crippen LogP contribution in [0.3, 0.4) is 0 Å². The number of hydrogen-bond donors (Lipinski definition) is 2. The fourth-order valence-corrected chi connectivity index (χ4v) is 4.94. The van der Waals surface area contributed by atoms with Gasteiger partial charge in [-0.15, -0.1) is 0 Å². The Morgan fingerprint density at radius 2 is 1.73 bits per heavy atom. The summed E-state index contributed by atoms with van der Waals surface area (Å²) in [5.41, 5.74) is 8.59. The molecule has 2 aromatic heterocycles. The van der Waals surface area contributed by atoms with Crippen molar-refractivity contribution in [3.63, 3.8) is 0 Å². The number of carbonyl (C=O) groups excluding carboxylic acids is 1. The third-order valence-corrected chi connectivity index (χ3v) is 6.99. The minimum atomic E-state index is -4.43. The van der Waals surface area contributed by atoms with Gasteiger partial charge < -0.3 is 15.2 Å². The molecule has 0 aliphatic heterocycles. The van der Waals surface area contributed by atoms with E-state index < -0.39 is 26.8 Å². The highest BCUT2D eigenvalue weighted by Gasteiger charge is 2.25. The van der Waals surface area contributed by atoms with Gasteiger partial charge >= 0.3 is 0 Å². The van der Waals surface area contributed by atoms with Crippen molar-refractivity contribution < 1.29 is 27.1 Å². The van der Waals surface area contributed by atoms with E-state index >= 15 is 0 Å². The van der Waals surface area contributed by atoms with Crippen LogP contribution in [0.4, 0.5) is 10.2 Å². The molecule has 1 amide bonds. The number of nitrogens with one attached hydrogen (secondary N) is 1. The molecule has 2 aromatic carbocycles. The Morgan fingerprint density at radius 3 is 2.39 bits per heavy atom. The number of anilines is 1. The standard InChI is InChI=1S/C29H30FN5O5S/c1-16(2)15-39-22-11-20(10-21(30)12-22)24-7-6-23(28(36)35-41(37,38)26-14-32-13-25(31)34-26)29(33-24)40-27-18(4)8-17(3)9-19(27)5/h6-14,16H,15H2,1-5H3,(H2,31,34)(H,35,36). The van der Waals surface area contributed by atoms with Gasteiger partial charge in [-0.25, -0.2) is 19.1 Å². The molecule has 0 aliphatic rings. The van der Waals surface area contributed by atoms with Gasteiger partial charge in [-0.05, 0) is 62.1 Å². The van der Waals surface area contributed by atoms with Crippen molar-refractivity contribution in [2.24, 2.45) is 5.92 Å². The molecule has 3 N–H and O–H groups in total. The predicted molar refractivity (Wildman–Crippen MR) is 152 cm³/mol. The zero-order valence-electron chi connectivity index (χ0n) is 23.2. The first-order chi connectivity index (χ1) is 19.3. The molecule has 0 atom stereocenters. The van der Waals surface area contributed by atoms with Crippen molar-refractivity contribution in [2.75, 3.05) is 12.3 Å². The molecule has 0 radical (unpaired) electrons. The number of nitrogens with zero attached hydrogens (tertiary/aromatic N) is 3. The number of ether oxygens (including phenoxy) is 2. The van der Waals surface area contributed by atoms with Crippen LogP contribution in [0.25, 0.3) is 11.3 Å². The molecule has 0 unspecified atom stereocenters. The maximum atomic E-state index is 14.5. The summed E-state index contributed by atoms with van der Waals surface area (Å²) in [5.74, 6) is -0.880. The molecule has 0 aliphatic carbocycles. The summed E-state index contributed by atoms with van der Waals surface area (Å²) in [6.07, 6.45) is 2.14. The number of sulfonamides is 1. The first-order valence-corrected chi connectivity index (χ1v) is 14.2. The smallest absolute Gasteiger partial charge is 0.283 e. The molecule has 4 aromatic rings. The van der Waals surface area contributed by atoms with Gasteiger partial charge in [-0.3, -0.25) is 9.78 Å². The summed E-state index contributed by atoms with van der Waals surface area (Å²) in [5, 5.41) is -0.531. The van der Waals surface area contributed by atoms with Gasteiger partial charge in [-0.1, -0.05) is 31.5 Å². The number of hydrogen-bond acceptors (Lipinski definition) is 9.